The van der Waals surface area contributed by atoms with Gasteiger partial charge in [-0.15, -0.1) is 0 Å². The minimum Gasteiger partial charge on any atom is -0.458 e. The summed E-state index contributed by atoms with van der Waals surface area (Å²) < 4.78 is 11.2. The Labute approximate surface area is 284 Å². The molecule has 0 aliphatic heterocycles. The maximum Gasteiger partial charge on any atom is 0.408 e. The average molecular weight is 654 g/mol. The second kappa shape index (κ2) is 16.1. The fourth-order valence-corrected chi connectivity index (χ4v) is 5.24. The van der Waals surface area contributed by atoms with Gasteiger partial charge in [0.2, 0.25) is 5.91 Å². The summed E-state index contributed by atoms with van der Waals surface area (Å²) in [6.07, 6.45) is 5.46. The number of esters is 1. The number of benzene rings is 3. The van der Waals surface area contributed by atoms with E-state index < -0.39 is 53.2 Å². The van der Waals surface area contributed by atoms with Crippen molar-refractivity contribution < 1.29 is 28.7 Å². The number of hydrogen-bond donors (Lipinski definition) is 2. The Hall–Kier alpha value is -5.10. The van der Waals surface area contributed by atoms with E-state index in [1.807, 2.05) is 92.7 Å². The summed E-state index contributed by atoms with van der Waals surface area (Å²) in [7, 11) is 0. The van der Waals surface area contributed by atoms with Crippen LogP contribution in [0.5, 0.6) is 0 Å². The van der Waals surface area contributed by atoms with E-state index in [2.05, 4.69) is 16.7 Å². The number of amides is 3. The Morgan fingerprint density at radius 3 is 1.65 bits per heavy atom. The van der Waals surface area contributed by atoms with E-state index in [1.165, 1.54) is 0 Å². The van der Waals surface area contributed by atoms with Crippen molar-refractivity contribution in [2.75, 3.05) is 0 Å². The lowest BCUT2D eigenvalue weighted by molar-refractivity contribution is -0.159. The lowest BCUT2D eigenvalue weighted by Crippen LogP contribution is -2.54. The number of ether oxygens (including phenoxy) is 2. The van der Waals surface area contributed by atoms with Gasteiger partial charge >= 0.3 is 12.1 Å². The summed E-state index contributed by atoms with van der Waals surface area (Å²) >= 11 is 0. The molecule has 2 N–H and O–H groups in total. The van der Waals surface area contributed by atoms with Gasteiger partial charge in [0.25, 0.3) is 5.91 Å². The third-order valence-corrected chi connectivity index (χ3v) is 7.26. The van der Waals surface area contributed by atoms with Gasteiger partial charge < -0.3 is 20.1 Å². The van der Waals surface area contributed by atoms with E-state index in [0.717, 1.165) is 16.0 Å². The van der Waals surface area contributed by atoms with Gasteiger partial charge in [-0.1, -0.05) is 85.3 Å². The van der Waals surface area contributed by atoms with Gasteiger partial charge in [0.1, 0.15) is 29.3 Å². The van der Waals surface area contributed by atoms with Crippen molar-refractivity contribution in [3.05, 3.63) is 107 Å². The number of aryl methyl sites for hydroxylation is 2. The van der Waals surface area contributed by atoms with Gasteiger partial charge in [-0.25, -0.2) is 9.59 Å². The highest BCUT2D eigenvalue weighted by molar-refractivity contribution is 5.95. The maximum atomic E-state index is 14.5. The first-order valence-electron chi connectivity index (χ1n) is 15.9. The molecule has 0 aliphatic carbocycles. The number of nitrogens with one attached hydrogen (secondary N) is 2. The molecule has 0 fully saturated rings. The first-order chi connectivity index (χ1) is 22.5. The van der Waals surface area contributed by atoms with Crippen molar-refractivity contribution in [1.82, 2.24) is 15.5 Å². The zero-order valence-electron chi connectivity index (χ0n) is 29.1. The number of alkyl carbamates (subject to hydrolysis) is 1. The highest BCUT2D eigenvalue weighted by atomic mass is 16.6. The minimum absolute atomic E-state index is 0.0761. The molecule has 3 atom stereocenters. The summed E-state index contributed by atoms with van der Waals surface area (Å²) in [5.74, 6) is -2.01. The monoisotopic (exact) mass is 653 g/mol. The molecule has 0 saturated carbocycles. The molecule has 0 aliphatic rings. The van der Waals surface area contributed by atoms with E-state index in [9.17, 15) is 19.2 Å². The van der Waals surface area contributed by atoms with Gasteiger partial charge in [0.05, 0.1) is 0 Å². The van der Waals surface area contributed by atoms with Crippen LogP contribution in [0.1, 0.15) is 75.4 Å². The molecule has 3 unspecified atom stereocenters. The third kappa shape index (κ3) is 11.0. The number of carbonyl (C=O) groups excluding carboxylic acids is 4. The summed E-state index contributed by atoms with van der Waals surface area (Å²) in [4.78, 5) is 56.4. The van der Waals surface area contributed by atoms with Crippen LogP contribution >= 0.6 is 0 Å². The van der Waals surface area contributed by atoms with Crippen LogP contribution in [0, 0.1) is 26.3 Å². The van der Waals surface area contributed by atoms with Crippen molar-refractivity contribution in [2.24, 2.45) is 0 Å². The maximum absolute atomic E-state index is 14.5. The number of carbonyl (C=O) groups is 4. The van der Waals surface area contributed by atoms with Gasteiger partial charge in [-0.05, 0) is 83.2 Å². The summed E-state index contributed by atoms with van der Waals surface area (Å²) in [5.41, 5.74) is 1.82. The van der Waals surface area contributed by atoms with Crippen LogP contribution in [0.4, 0.5) is 4.79 Å². The van der Waals surface area contributed by atoms with Crippen molar-refractivity contribution in [1.29, 1.82) is 0 Å². The van der Waals surface area contributed by atoms with E-state index in [-0.39, 0.29) is 12.8 Å². The number of nitrogens with zero attached hydrogens (tertiary/aromatic N) is 1. The summed E-state index contributed by atoms with van der Waals surface area (Å²) in [6, 6.07) is 22.6. The van der Waals surface area contributed by atoms with Gasteiger partial charge in [-0.2, -0.15) is 0 Å². The second-order valence-electron chi connectivity index (χ2n) is 13.7. The van der Waals surface area contributed by atoms with Crippen molar-refractivity contribution in [2.45, 2.75) is 97.6 Å². The smallest absolute Gasteiger partial charge is 0.408 e. The predicted molar refractivity (Wildman–Crippen MR) is 186 cm³/mol. The van der Waals surface area contributed by atoms with Crippen LogP contribution in [0.2, 0.25) is 0 Å². The van der Waals surface area contributed by atoms with Gasteiger partial charge in [0, 0.05) is 18.9 Å². The number of terminal acetylenes is 1. The SMILES string of the molecule is C#CN(C(=O)C(Cc1ccccc1)NC(=O)OC(C)(C)C)C(C(=O)NC(Cc1ccccc1)C(=O)OC(C)(C)C)c1c(C)cccc1C. The predicted octanol–water partition coefficient (Wildman–Crippen LogP) is 5.97. The van der Waals surface area contributed by atoms with Crippen LogP contribution in [0.25, 0.3) is 0 Å². The van der Waals surface area contributed by atoms with Crippen LogP contribution in [0.3, 0.4) is 0 Å². The van der Waals surface area contributed by atoms with Crippen molar-refractivity contribution in [3.8, 4) is 12.5 Å². The quantitative estimate of drug-likeness (QED) is 0.150. The Morgan fingerprint density at radius 2 is 1.19 bits per heavy atom. The standard InChI is InChI=1S/C39H47N3O6/c1-10-42(35(44)30(24-28-20-13-11-14-21-28)41-37(46)48-39(7,8)9)33(32-26(2)18-17-19-27(32)3)34(43)40-31(36(45)47-38(4,5)6)25-29-22-15-12-16-23-29/h1,11-23,30-31,33H,24-25H2,2-9H3,(H,40,43)(H,41,46). The highest BCUT2D eigenvalue weighted by Crippen LogP contribution is 2.29. The molecule has 0 aromatic heterocycles. The fraction of sp³-hybridized carbons (Fsp3) is 0.385. The lowest BCUT2D eigenvalue weighted by atomic mass is 9.93. The first-order valence-corrected chi connectivity index (χ1v) is 15.9. The van der Waals surface area contributed by atoms with E-state index in [4.69, 9.17) is 15.9 Å². The summed E-state index contributed by atoms with van der Waals surface area (Å²) in [5, 5.41) is 5.53. The molecule has 0 bridgehead atoms. The van der Waals surface area contributed by atoms with E-state index in [0.29, 0.717) is 16.7 Å². The molecular formula is C39H47N3O6. The van der Waals surface area contributed by atoms with Crippen LogP contribution < -0.4 is 10.6 Å². The molecule has 9 heteroatoms. The van der Waals surface area contributed by atoms with E-state index >= 15 is 0 Å². The van der Waals surface area contributed by atoms with Gasteiger partial charge in [-0.3, -0.25) is 14.5 Å². The molecule has 3 rings (SSSR count). The molecule has 3 aromatic rings. The molecule has 3 amide bonds. The minimum atomic E-state index is -1.36. The highest BCUT2D eigenvalue weighted by Gasteiger charge is 2.39. The molecule has 254 valence electrons. The Kier molecular flexibility index (Phi) is 12.6. The molecule has 0 heterocycles. The Morgan fingerprint density at radius 1 is 0.708 bits per heavy atom. The zero-order chi connectivity index (χ0) is 35.6. The summed E-state index contributed by atoms with van der Waals surface area (Å²) in [6.45, 7) is 14.0. The second-order valence-corrected chi connectivity index (χ2v) is 13.7. The average Bonchev–Trinajstić information content (AvgIpc) is 2.99. The van der Waals surface area contributed by atoms with Crippen LogP contribution in [0.15, 0.2) is 78.9 Å². The van der Waals surface area contributed by atoms with Crippen LogP contribution in [-0.2, 0) is 36.7 Å². The van der Waals surface area contributed by atoms with Gasteiger partial charge in [0.15, 0.2) is 0 Å². The molecule has 3 aromatic carbocycles. The zero-order valence-corrected chi connectivity index (χ0v) is 29.1. The Bertz CT molecular complexity index is 1600. The molecule has 0 saturated heterocycles. The first kappa shape index (κ1) is 37.4. The molecule has 0 spiro atoms. The third-order valence-electron chi connectivity index (χ3n) is 7.26. The van der Waals surface area contributed by atoms with Crippen molar-refractivity contribution >= 4 is 23.9 Å². The molecular weight excluding hydrogens is 606 g/mol. The largest absolute Gasteiger partial charge is 0.458 e. The van der Waals surface area contributed by atoms with E-state index in [1.54, 1.807) is 41.5 Å². The van der Waals surface area contributed by atoms with Crippen molar-refractivity contribution in [3.63, 3.8) is 0 Å². The Balaban J connectivity index is 2.09. The molecule has 9 nitrogen and oxygen atoms in total. The number of hydrogen-bond acceptors (Lipinski definition) is 6. The topological polar surface area (TPSA) is 114 Å². The lowest BCUT2D eigenvalue weighted by Gasteiger charge is -2.33. The fourth-order valence-electron chi connectivity index (χ4n) is 5.24. The normalized spacial score (nSPS) is 13.2. The molecule has 0 radical (unpaired) electrons. The number of rotatable bonds is 11. The molecule has 48 heavy (non-hydrogen) atoms. The van der Waals surface area contributed by atoms with Crippen LogP contribution in [-0.4, -0.2) is 52.1 Å².